The summed E-state index contributed by atoms with van der Waals surface area (Å²) >= 11 is 0. The number of carbonyl (C=O) groups excluding carboxylic acids is 1. The van der Waals surface area contributed by atoms with Gasteiger partial charge in [0.05, 0.1) is 6.04 Å². The van der Waals surface area contributed by atoms with Crippen molar-refractivity contribution in [2.75, 3.05) is 13.1 Å². The number of nitrogens with zero attached hydrogens (tertiary/aromatic N) is 2. The van der Waals surface area contributed by atoms with Crippen LogP contribution in [0.2, 0.25) is 0 Å². The summed E-state index contributed by atoms with van der Waals surface area (Å²) in [5, 5.41) is 0. The van der Waals surface area contributed by atoms with Crippen LogP contribution < -0.4 is 5.73 Å². The van der Waals surface area contributed by atoms with E-state index in [0.29, 0.717) is 30.6 Å². The molecule has 1 aromatic heterocycles. The van der Waals surface area contributed by atoms with Gasteiger partial charge < -0.3 is 15.1 Å². The molecule has 0 bridgehead atoms. The number of hydrogen-bond donors (Lipinski definition) is 1. The summed E-state index contributed by atoms with van der Waals surface area (Å²) in [6.45, 7) is 5.45. The third-order valence-electron chi connectivity index (χ3n) is 2.89. The predicted molar refractivity (Wildman–Crippen MR) is 67.9 cm³/mol. The van der Waals surface area contributed by atoms with E-state index in [1.54, 1.807) is 4.90 Å². The molecule has 1 aromatic rings. The fourth-order valence-corrected chi connectivity index (χ4v) is 1.97. The van der Waals surface area contributed by atoms with Crippen molar-refractivity contribution in [1.82, 2.24) is 9.88 Å². The Kier molecular flexibility index (Phi) is 3.81. The highest BCUT2D eigenvalue weighted by Crippen LogP contribution is 2.19. The lowest BCUT2D eigenvalue weighted by molar-refractivity contribution is 0.0794. The number of aromatic nitrogens is 1. The lowest BCUT2D eigenvalue weighted by atomic mass is 10.0. The number of rotatable bonds is 4. The van der Waals surface area contributed by atoms with Gasteiger partial charge >= 0.3 is 0 Å². The van der Waals surface area contributed by atoms with Crippen LogP contribution in [0.1, 0.15) is 42.7 Å². The number of oxazole rings is 1. The maximum Gasteiger partial charge on any atom is 0.276 e. The van der Waals surface area contributed by atoms with Gasteiger partial charge in [-0.05, 0) is 12.3 Å². The standard InChI is InChI=1S/C13H19N3O2/c1-9(2)7-10(14)12-15-11(8-18-12)13(17)16-5-3-4-6-16/h3-4,8-10H,5-7,14H2,1-2H3. The van der Waals surface area contributed by atoms with Crippen LogP contribution in [0.15, 0.2) is 22.8 Å². The van der Waals surface area contributed by atoms with Crippen LogP contribution in [0.3, 0.4) is 0 Å². The summed E-state index contributed by atoms with van der Waals surface area (Å²) < 4.78 is 5.30. The molecule has 2 N–H and O–H groups in total. The van der Waals surface area contributed by atoms with Gasteiger partial charge in [0.1, 0.15) is 6.26 Å². The van der Waals surface area contributed by atoms with E-state index in [9.17, 15) is 4.79 Å². The van der Waals surface area contributed by atoms with Gasteiger partial charge in [0.25, 0.3) is 5.91 Å². The quantitative estimate of drug-likeness (QED) is 0.825. The lowest BCUT2D eigenvalue weighted by Crippen LogP contribution is -2.28. The Morgan fingerprint density at radius 1 is 1.50 bits per heavy atom. The normalized spacial score (nSPS) is 16.6. The van der Waals surface area contributed by atoms with Gasteiger partial charge in [-0.2, -0.15) is 0 Å². The third kappa shape index (κ3) is 2.79. The van der Waals surface area contributed by atoms with E-state index < -0.39 is 0 Å². The Bertz CT molecular complexity index is 443. The van der Waals surface area contributed by atoms with Crippen molar-refractivity contribution < 1.29 is 9.21 Å². The molecule has 1 atom stereocenters. The molecular weight excluding hydrogens is 230 g/mol. The molecule has 98 valence electrons. The van der Waals surface area contributed by atoms with Crippen molar-refractivity contribution in [3.05, 3.63) is 30.0 Å². The molecule has 1 aliphatic heterocycles. The first kappa shape index (κ1) is 12.8. The van der Waals surface area contributed by atoms with Crippen molar-refractivity contribution in [3.63, 3.8) is 0 Å². The fraction of sp³-hybridized carbons (Fsp3) is 0.538. The number of amides is 1. The van der Waals surface area contributed by atoms with Crippen LogP contribution in [-0.2, 0) is 0 Å². The zero-order valence-corrected chi connectivity index (χ0v) is 10.8. The van der Waals surface area contributed by atoms with E-state index in [4.69, 9.17) is 10.2 Å². The number of nitrogens with two attached hydrogens (primary N) is 1. The first-order chi connectivity index (χ1) is 8.58. The Labute approximate surface area is 107 Å². The van der Waals surface area contributed by atoms with Crippen molar-refractivity contribution in [2.45, 2.75) is 26.3 Å². The van der Waals surface area contributed by atoms with Crippen LogP contribution in [0, 0.1) is 5.92 Å². The fourth-order valence-electron chi connectivity index (χ4n) is 1.97. The molecule has 2 rings (SSSR count). The maximum absolute atomic E-state index is 12.0. The molecule has 2 heterocycles. The topological polar surface area (TPSA) is 72.4 Å². The molecule has 5 heteroatoms. The largest absolute Gasteiger partial charge is 0.446 e. The second-order valence-corrected chi connectivity index (χ2v) is 4.99. The summed E-state index contributed by atoms with van der Waals surface area (Å²) in [5.41, 5.74) is 6.31. The monoisotopic (exact) mass is 249 g/mol. The molecule has 1 amide bonds. The minimum absolute atomic E-state index is 0.105. The van der Waals surface area contributed by atoms with Crippen molar-refractivity contribution in [2.24, 2.45) is 11.7 Å². The Morgan fingerprint density at radius 2 is 2.17 bits per heavy atom. The molecule has 0 fully saturated rings. The zero-order chi connectivity index (χ0) is 13.1. The highest BCUT2D eigenvalue weighted by atomic mass is 16.3. The van der Waals surface area contributed by atoms with E-state index in [1.807, 2.05) is 12.2 Å². The summed E-state index contributed by atoms with van der Waals surface area (Å²) in [6, 6.07) is -0.247. The number of hydrogen-bond acceptors (Lipinski definition) is 4. The minimum Gasteiger partial charge on any atom is -0.446 e. The van der Waals surface area contributed by atoms with E-state index >= 15 is 0 Å². The summed E-state index contributed by atoms with van der Waals surface area (Å²) in [5.74, 6) is 0.805. The highest BCUT2D eigenvalue weighted by molar-refractivity contribution is 5.92. The molecule has 0 saturated carbocycles. The Hall–Kier alpha value is -1.62. The van der Waals surface area contributed by atoms with Gasteiger partial charge in [0, 0.05) is 13.1 Å². The lowest BCUT2D eigenvalue weighted by Gasteiger charge is -2.12. The second kappa shape index (κ2) is 5.35. The van der Waals surface area contributed by atoms with Crippen LogP contribution in [0.5, 0.6) is 0 Å². The molecule has 1 aliphatic rings. The third-order valence-corrected chi connectivity index (χ3v) is 2.89. The van der Waals surface area contributed by atoms with Crippen LogP contribution >= 0.6 is 0 Å². The van der Waals surface area contributed by atoms with Crippen LogP contribution in [-0.4, -0.2) is 28.9 Å². The Balaban J connectivity index is 2.03. The van der Waals surface area contributed by atoms with E-state index in [2.05, 4.69) is 18.8 Å². The van der Waals surface area contributed by atoms with E-state index in [-0.39, 0.29) is 11.9 Å². The van der Waals surface area contributed by atoms with Gasteiger partial charge in [0.15, 0.2) is 5.69 Å². The molecular formula is C13H19N3O2. The molecule has 0 aliphatic carbocycles. The van der Waals surface area contributed by atoms with Crippen LogP contribution in [0.4, 0.5) is 0 Å². The van der Waals surface area contributed by atoms with Gasteiger partial charge in [-0.25, -0.2) is 4.98 Å². The molecule has 0 aromatic carbocycles. The first-order valence-corrected chi connectivity index (χ1v) is 6.23. The van der Waals surface area contributed by atoms with Gasteiger partial charge in [0.2, 0.25) is 5.89 Å². The Morgan fingerprint density at radius 3 is 2.78 bits per heavy atom. The van der Waals surface area contributed by atoms with E-state index in [1.165, 1.54) is 6.26 Å². The van der Waals surface area contributed by atoms with Crippen LogP contribution in [0.25, 0.3) is 0 Å². The minimum atomic E-state index is -0.247. The summed E-state index contributed by atoms with van der Waals surface area (Å²) in [7, 11) is 0. The average Bonchev–Trinajstić information content (AvgIpc) is 2.99. The average molecular weight is 249 g/mol. The van der Waals surface area contributed by atoms with Gasteiger partial charge in [-0.15, -0.1) is 0 Å². The first-order valence-electron chi connectivity index (χ1n) is 6.23. The summed E-state index contributed by atoms with van der Waals surface area (Å²) in [6.07, 6.45) is 6.11. The van der Waals surface area contributed by atoms with Crippen molar-refractivity contribution in [3.8, 4) is 0 Å². The second-order valence-electron chi connectivity index (χ2n) is 4.99. The SMILES string of the molecule is CC(C)CC(N)c1nc(C(=O)N2CC=CC2)co1. The zero-order valence-electron chi connectivity index (χ0n) is 10.8. The molecule has 0 spiro atoms. The summed E-state index contributed by atoms with van der Waals surface area (Å²) in [4.78, 5) is 17.9. The maximum atomic E-state index is 12.0. The van der Waals surface area contributed by atoms with Crippen molar-refractivity contribution >= 4 is 5.91 Å². The number of carbonyl (C=O) groups is 1. The smallest absolute Gasteiger partial charge is 0.276 e. The van der Waals surface area contributed by atoms with Gasteiger partial charge in [-0.1, -0.05) is 26.0 Å². The van der Waals surface area contributed by atoms with Gasteiger partial charge in [-0.3, -0.25) is 4.79 Å². The molecule has 1 unspecified atom stereocenters. The molecule has 5 nitrogen and oxygen atoms in total. The molecule has 18 heavy (non-hydrogen) atoms. The highest BCUT2D eigenvalue weighted by Gasteiger charge is 2.22. The molecule has 0 radical (unpaired) electrons. The molecule has 0 saturated heterocycles. The van der Waals surface area contributed by atoms with E-state index in [0.717, 1.165) is 6.42 Å². The van der Waals surface area contributed by atoms with Crippen molar-refractivity contribution in [1.29, 1.82) is 0 Å². The predicted octanol–water partition coefficient (Wildman–Crippen LogP) is 1.73.